The number of rotatable bonds is 7. The highest BCUT2D eigenvalue weighted by Crippen LogP contribution is 2.14. The van der Waals surface area contributed by atoms with Crippen LogP contribution in [0.15, 0.2) is 34.2 Å². The number of piperidine rings is 1. The molecule has 2 rings (SSSR count). The largest absolute Gasteiger partial charge is 0.356 e. The molecule has 1 saturated heterocycles. The molecule has 26 heavy (non-hydrogen) atoms. The SMILES string of the molecule is CN=C(NCCc1ccc(S(C)(=O)=O)cc1)NCCN1CCCC(C)C1. The second kappa shape index (κ2) is 9.92. The Morgan fingerprint density at radius 3 is 2.54 bits per heavy atom. The lowest BCUT2D eigenvalue weighted by Gasteiger charge is -2.30. The molecule has 6 nitrogen and oxygen atoms in total. The molecule has 146 valence electrons. The monoisotopic (exact) mass is 380 g/mol. The lowest BCUT2D eigenvalue weighted by molar-refractivity contribution is 0.187. The maximum atomic E-state index is 11.5. The van der Waals surface area contributed by atoms with Gasteiger partial charge in [-0.2, -0.15) is 0 Å². The minimum Gasteiger partial charge on any atom is -0.356 e. The van der Waals surface area contributed by atoms with Gasteiger partial charge in [0.1, 0.15) is 0 Å². The second-order valence-electron chi connectivity index (χ2n) is 7.14. The van der Waals surface area contributed by atoms with Crippen molar-refractivity contribution in [3.05, 3.63) is 29.8 Å². The number of sulfone groups is 1. The van der Waals surface area contributed by atoms with Crippen LogP contribution in [0.2, 0.25) is 0 Å². The van der Waals surface area contributed by atoms with Gasteiger partial charge in [-0.25, -0.2) is 8.42 Å². The van der Waals surface area contributed by atoms with Crippen LogP contribution in [0.4, 0.5) is 0 Å². The van der Waals surface area contributed by atoms with Gasteiger partial charge in [0.2, 0.25) is 0 Å². The first-order valence-electron chi connectivity index (χ1n) is 9.34. The van der Waals surface area contributed by atoms with E-state index in [-0.39, 0.29) is 0 Å². The van der Waals surface area contributed by atoms with E-state index >= 15 is 0 Å². The lowest BCUT2D eigenvalue weighted by Crippen LogP contribution is -2.44. The van der Waals surface area contributed by atoms with Crippen molar-refractivity contribution in [2.45, 2.75) is 31.1 Å². The number of hydrogen-bond acceptors (Lipinski definition) is 4. The third kappa shape index (κ3) is 6.96. The van der Waals surface area contributed by atoms with Gasteiger partial charge in [0.15, 0.2) is 15.8 Å². The Labute approximate surface area is 158 Å². The molecule has 0 bridgehead atoms. The second-order valence-corrected chi connectivity index (χ2v) is 9.16. The number of hydrogen-bond donors (Lipinski definition) is 2. The van der Waals surface area contributed by atoms with E-state index in [1.54, 1.807) is 19.2 Å². The number of benzene rings is 1. The number of aliphatic imine (C=N–C) groups is 1. The van der Waals surface area contributed by atoms with E-state index < -0.39 is 9.84 Å². The van der Waals surface area contributed by atoms with E-state index in [9.17, 15) is 8.42 Å². The van der Waals surface area contributed by atoms with E-state index in [1.165, 1.54) is 32.2 Å². The van der Waals surface area contributed by atoms with Crippen molar-refractivity contribution in [3.63, 3.8) is 0 Å². The van der Waals surface area contributed by atoms with Crippen molar-refractivity contribution in [2.75, 3.05) is 46.0 Å². The van der Waals surface area contributed by atoms with E-state index in [4.69, 9.17) is 0 Å². The summed E-state index contributed by atoms with van der Waals surface area (Å²) in [6.07, 6.45) is 4.68. The summed E-state index contributed by atoms with van der Waals surface area (Å²) in [7, 11) is -1.35. The molecule has 1 fully saturated rings. The molecular formula is C19H32N4O2S. The molecule has 1 aromatic carbocycles. The first-order chi connectivity index (χ1) is 12.4. The highest BCUT2D eigenvalue weighted by molar-refractivity contribution is 7.90. The fraction of sp³-hybridized carbons (Fsp3) is 0.632. The summed E-state index contributed by atoms with van der Waals surface area (Å²) in [5.41, 5.74) is 1.10. The highest BCUT2D eigenvalue weighted by Gasteiger charge is 2.15. The van der Waals surface area contributed by atoms with Gasteiger partial charge in [-0.1, -0.05) is 19.1 Å². The highest BCUT2D eigenvalue weighted by atomic mass is 32.2. The van der Waals surface area contributed by atoms with Crippen molar-refractivity contribution in [2.24, 2.45) is 10.9 Å². The Hall–Kier alpha value is -1.60. The Bertz CT molecular complexity index is 686. The first-order valence-corrected chi connectivity index (χ1v) is 11.2. The lowest BCUT2D eigenvalue weighted by atomic mass is 10.0. The molecule has 1 unspecified atom stereocenters. The zero-order valence-corrected chi connectivity index (χ0v) is 17.0. The maximum absolute atomic E-state index is 11.5. The molecule has 0 radical (unpaired) electrons. The molecule has 1 aliphatic heterocycles. The predicted molar refractivity (Wildman–Crippen MR) is 107 cm³/mol. The summed E-state index contributed by atoms with van der Waals surface area (Å²) in [5, 5.41) is 6.68. The minimum atomic E-state index is -3.13. The van der Waals surface area contributed by atoms with E-state index in [1.807, 2.05) is 12.1 Å². The van der Waals surface area contributed by atoms with Gasteiger partial charge in [-0.05, 0) is 49.4 Å². The van der Waals surface area contributed by atoms with Crippen LogP contribution in [0.5, 0.6) is 0 Å². The van der Waals surface area contributed by atoms with Crippen molar-refractivity contribution < 1.29 is 8.42 Å². The summed E-state index contributed by atoms with van der Waals surface area (Å²) < 4.78 is 23.0. The number of nitrogens with one attached hydrogen (secondary N) is 2. The fourth-order valence-corrected chi connectivity index (χ4v) is 3.90. The van der Waals surface area contributed by atoms with Crippen molar-refractivity contribution >= 4 is 15.8 Å². The average Bonchev–Trinajstić information content (AvgIpc) is 2.60. The molecule has 1 aromatic rings. The summed E-state index contributed by atoms with van der Waals surface area (Å²) in [6.45, 7) is 7.38. The van der Waals surface area contributed by atoms with Gasteiger partial charge in [0.05, 0.1) is 4.90 Å². The Morgan fingerprint density at radius 2 is 1.92 bits per heavy atom. The van der Waals surface area contributed by atoms with Crippen LogP contribution in [0.1, 0.15) is 25.3 Å². The van der Waals surface area contributed by atoms with Gasteiger partial charge < -0.3 is 15.5 Å². The van der Waals surface area contributed by atoms with Crippen molar-refractivity contribution in [3.8, 4) is 0 Å². The van der Waals surface area contributed by atoms with E-state index in [2.05, 4.69) is 27.4 Å². The topological polar surface area (TPSA) is 73.8 Å². The molecule has 0 aliphatic carbocycles. The van der Waals surface area contributed by atoms with Crippen LogP contribution in [0, 0.1) is 5.92 Å². The first kappa shape index (κ1) is 20.7. The van der Waals surface area contributed by atoms with Crippen molar-refractivity contribution in [1.29, 1.82) is 0 Å². The average molecular weight is 381 g/mol. The summed E-state index contributed by atoms with van der Waals surface area (Å²) in [4.78, 5) is 7.13. The Morgan fingerprint density at radius 1 is 1.23 bits per heavy atom. The third-order valence-corrected chi connectivity index (χ3v) is 5.87. The fourth-order valence-electron chi connectivity index (χ4n) is 3.27. The number of likely N-dealkylation sites (tertiary alicyclic amines) is 1. The molecule has 1 atom stereocenters. The van der Waals surface area contributed by atoms with Crippen LogP contribution in [-0.4, -0.2) is 65.3 Å². The third-order valence-electron chi connectivity index (χ3n) is 4.74. The summed E-state index contributed by atoms with van der Waals surface area (Å²) in [5.74, 6) is 1.61. The molecule has 1 heterocycles. The molecule has 0 saturated carbocycles. The van der Waals surface area contributed by atoms with Gasteiger partial charge >= 0.3 is 0 Å². The van der Waals surface area contributed by atoms with Crippen LogP contribution in [-0.2, 0) is 16.3 Å². The number of guanidine groups is 1. The molecule has 1 aliphatic rings. The summed E-state index contributed by atoms with van der Waals surface area (Å²) in [6, 6.07) is 7.06. The molecule has 0 amide bonds. The van der Waals surface area contributed by atoms with Gasteiger partial charge in [-0.3, -0.25) is 4.99 Å². The molecule has 2 N–H and O–H groups in total. The molecule has 0 spiro atoms. The molecule has 0 aromatic heterocycles. The van der Waals surface area contributed by atoms with Gasteiger partial charge in [-0.15, -0.1) is 0 Å². The number of nitrogens with zero attached hydrogens (tertiary/aromatic N) is 2. The van der Waals surface area contributed by atoms with Crippen LogP contribution < -0.4 is 10.6 Å². The maximum Gasteiger partial charge on any atom is 0.191 e. The predicted octanol–water partition coefficient (Wildman–Crippen LogP) is 1.53. The molecule has 7 heteroatoms. The van der Waals surface area contributed by atoms with E-state index in [0.29, 0.717) is 4.90 Å². The Kier molecular flexibility index (Phi) is 7.90. The van der Waals surface area contributed by atoms with Crippen molar-refractivity contribution in [1.82, 2.24) is 15.5 Å². The normalized spacial score (nSPS) is 19.3. The minimum absolute atomic E-state index is 0.360. The van der Waals surface area contributed by atoms with Gasteiger partial charge in [0, 0.05) is 39.5 Å². The standard InChI is InChI=1S/C19H32N4O2S/c1-16-5-4-13-23(15-16)14-12-22-19(20-2)21-11-10-17-6-8-18(9-7-17)26(3,24)25/h6-9,16H,4-5,10-15H2,1-3H3,(H2,20,21,22). The zero-order chi connectivity index (χ0) is 19.0. The van der Waals surface area contributed by atoms with Crippen LogP contribution in [0.25, 0.3) is 0 Å². The summed E-state index contributed by atoms with van der Waals surface area (Å²) >= 11 is 0. The van der Waals surface area contributed by atoms with Crippen LogP contribution >= 0.6 is 0 Å². The molecular weight excluding hydrogens is 348 g/mol. The van der Waals surface area contributed by atoms with E-state index in [0.717, 1.165) is 43.5 Å². The Balaban J connectivity index is 1.68. The van der Waals surface area contributed by atoms with Gasteiger partial charge in [0.25, 0.3) is 0 Å². The smallest absolute Gasteiger partial charge is 0.191 e. The quantitative estimate of drug-likeness (QED) is 0.554. The van der Waals surface area contributed by atoms with Crippen LogP contribution in [0.3, 0.4) is 0 Å². The zero-order valence-electron chi connectivity index (χ0n) is 16.2.